The Morgan fingerprint density at radius 1 is 1.21 bits per heavy atom. The van der Waals surface area contributed by atoms with Crippen molar-refractivity contribution < 1.29 is 9.21 Å². The van der Waals surface area contributed by atoms with Gasteiger partial charge in [0.05, 0.1) is 24.6 Å². The third-order valence-electron chi connectivity index (χ3n) is 5.01. The van der Waals surface area contributed by atoms with Crippen molar-refractivity contribution in [2.75, 3.05) is 5.32 Å². The number of fused-ring (bicyclic) bond motifs is 1. The molecule has 2 amide bonds. The smallest absolute Gasteiger partial charge is 0.315 e. The number of nitrogens with one attached hydrogen (secondary N) is 3. The van der Waals surface area contributed by atoms with Gasteiger partial charge in [0.15, 0.2) is 0 Å². The van der Waals surface area contributed by atoms with E-state index in [9.17, 15) is 4.79 Å². The van der Waals surface area contributed by atoms with Gasteiger partial charge in [-0.1, -0.05) is 17.7 Å². The predicted octanol–water partition coefficient (Wildman–Crippen LogP) is 3.86. The van der Waals surface area contributed by atoms with Crippen molar-refractivity contribution in [1.29, 1.82) is 0 Å². The van der Waals surface area contributed by atoms with E-state index in [-0.39, 0.29) is 18.1 Å². The first-order valence-corrected chi connectivity index (χ1v) is 8.69. The first-order valence-electron chi connectivity index (χ1n) is 8.31. The van der Waals surface area contributed by atoms with Crippen molar-refractivity contribution in [2.24, 2.45) is 0 Å². The van der Waals surface area contributed by atoms with Gasteiger partial charge < -0.3 is 20.4 Å². The number of hydrogen-bond donors (Lipinski definition) is 3. The van der Waals surface area contributed by atoms with Gasteiger partial charge in [-0.15, -0.1) is 0 Å². The second-order valence-corrected chi connectivity index (χ2v) is 6.93. The van der Waals surface area contributed by atoms with Gasteiger partial charge in [0, 0.05) is 22.8 Å². The Hall–Kier alpha value is -2.14. The minimum Gasteiger partial charge on any atom is -0.472 e. The Morgan fingerprint density at radius 3 is 2.92 bits per heavy atom. The summed E-state index contributed by atoms with van der Waals surface area (Å²) in [5.74, 6) is 0.340. The molecule has 2 aromatic rings. The van der Waals surface area contributed by atoms with Gasteiger partial charge in [0.1, 0.15) is 0 Å². The summed E-state index contributed by atoms with van der Waals surface area (Å²) in [7, 11) is 0. The number of hydrogen-bond acceptors (Lipinski definition) is 3. The molecule has 3 atom stereocenters. The summed E-state index contributed by atoms with van der Waals surface area (Å²) >= 11 is 6.53. The summed E-state index contributed by atoms with van der Waals surface area (Å²) in [4.78, 5) is 11.6. The van der Waals surface area contributed by atoms with Crippen molar-refractivity contribution in [3.63, 3.8) is 0 Å². The maximum Gasteiger partial charge on any atom is 0.315 e. The fourth-order valence-electron chi connectivity index (χ4n) is 3.84. The average Bonchev–Trinajstić information content (AvgIpc) is 3.20. The molecule has 1 saturated heterocycles. The number of benzene rings is 1. The fraction of sp³-hybridized carbons (Fsp3) is 0.389. The molecule has 24 heavy (non-hydrogen) atoms. The average molecular weight is 346 g/mol. The fourth-order valence-corrected chi connectivity index (χ4v) is 4.17. The first-order chi connectivity index (χ1) is 11.7. The molecule has 126 valence electrons. The zero-order valence-electron chi connectivity index (χ0n) is 13.2. The molecule has 6 heteroatoms. The van der Waals surface area contributed by atoms with E-state index in [0.717, 1.165) is 41.1 Å². The van der Waals surface area contributed by atoms with Crippen LogP contribution in [0.1, 0.15) is 36.3 Å². The van der Waals surface area contributed by atoms with Crippen LogP contribution in [0.2, 0.25) is 5.02 Å². The number of carbonyl (C=O) groups excluding carboxylic acids is 1. The number of anilines is 1. The number of urea groups is 1. The molecule has 5 nitrogen and oxygen atoms in total. The molecule has 1 aromatic carbocycles. The van der Waals surface area contributed by atoms with Gasteiger partial charge >= 0.3 is 6.03 Å². The summed E-state index contributed by atoms with van der Waals surface area (Å²) in [6.07, 6.45) is 6.32. The molecule has 4 rings (SSSR count). The molecular formula is C18H20ClN3O2. The molecule has 0 bridgehead atoms. The van der Waals surface area contributed by atoms with Crippen LogP contribution in [0.15, 0.2) is 41.2 Å². The largest absolute Gasteiger partial charge is 0.472 e. The molecule has 1 saturated carbocycles. The van der Waals surface area contributed by atoms with Crippen LogP contribution in [-0.2, 0) is 6.54 Å². The molecule has 2 heterocycles. The third kappa shape index (κ3) is 2.96. The number of carbonyl (C=O) groups is 1. The molecule has 0 spiro atoms. The Bertz CT molecular complexity index is 732. The summed E-state index contributed by atoms with van der Waals surface area (Å²) in [6.45, 7) is 0.695. The normalized spacial score (nSPS) is 25.7. The Morgan fingerprint density at radius 2 is 2.08 bits per heavy atom. The highest BCUT2D eigenvalue weighted by molar-refractivity contribution is 6.31. The molecule has 3 unspecified atom stereocenters. The standard InChI is InChI=1S/C18H20ClN3O2/c19-13-2-1-3-15(20-9-11-6-7-24-10-11)17(13)12-4-5-14-16(8-12)22-18(23)21-14/h1-3,6-7,10,12,14,16,20H,4-5,8-9H2,(H2,21,22,23). The van der Waals surface area contributed by atoms with E-state index in [2.05, 4.69) is 22.0 Å². The van der Waals surface area contributed by atoms with Crippen LogP contribution in [0.4, 0.5) is 10.5 Å². The van der Waals surface area contributed by atoms with E-state index < -0.39 is 0 Å². The number of furan rings is 1. The molecule has 3 N–H and O–H groups in total. The maximum atomic E-state index is 11.6. The minimum absolute atomic E-state index is 0.0527. The first kappa shape index (κ1) is 15.4. The van der Waals surface area contributed by atoms with Gasteiger partial charge in [-0.05, 0) is 48.9 Å². The van der Waals surface area contributed by atoms with E-state index in [0.29, 0.717) is 12.5 Å². The maximum absolute atomic E-state index is 11.6. The SMILES string of the molecule is O=C1NC2CCC(c3c(Cl)cccc3NCc3ccoc3)CC2N1. The highest BCUT2D eigenvalue weighted by Crippen LogP contribution is 2.41. The van der Waals surface area contributed by atoms with E-state index in [1.54, 1.807) is 12.5 Å². The zero-order valence-corrected chi connectivity index (χ0v) is 14.0. The summed E-state index contributed by atoms with van der Waals surface area (Å²) < 4.78 is 5.12. The Balaban J connectivity index is 1.54. The van der Waals surface area contributed by atoms with Crippen molar-refractivity contribution in [1.82, 2.24) is 10.6 Å². The van der Waals surface area contributed by atoms with Gasteiger partial charge in [-0.3, -0.25) is 0 Å². The predicted molar refractivity (Wildman–Crippen MR) is 93.3 cm³/mol. The monoisotopic (exact) mass is 345 g/mol. The second-order valence-electron chi connectivity index (χ2n) is 6.53. The van der Waals surface area contributed by atoms with Crippen LogP contribution in [0.25, 0.3) is 0 Å². The molecule has 0 radical (unpaired) electrons. The van der Waals surface area contributed by atoms with Crippen LogP contribution < -0.4 is 16.0 Å². The van der Waals surface area contributed by atoms with Crippen LogP contribution in [0.3, 0.4) is 0 Å². The number of rotatable bonds is 4. The highest BCUT2D eigenvalue weighted by atomic mass is 35.5. The van der Waals surface area contributed by atoms with Crippen molar-refractivity contribution >= 4 is 23.3 Å². The zero-order chi connectivity index (χ0) is 16.5. The number of halogens is 1. The van der Waals surface area contributed by atoms with E-state index >= 15 is 0 Å². The molecule has 1 aliphatic heterocycles. The van der Waals surface area contributed by atoms with Gasteiger partial charge in [0.25, 0.3) is 0 Å². The van der Waals surface area contributed by atoms with Gasteiger partial charge in [-0.2, -0.15) is 0 Å². The lowest BCUT2D eigenvalue weighted by Gasteiger charge is -2.32. The van der Waals surface area contributed by atoms with Crippen LogP contribution in [0.5, 0.6) is 0 Å². The van der Waals surface area contributed by atoms with Crippen LogP contribution in [0, 0.1) is 0 Å². The molecular weight excluding hydrogens is 326 g/mol. The third-order valence-corrected chi connectivity index (χ3v) is 5.34. The van der Waals surface area contributed by atoms with E-state index in [4.69, 9.17) is 16.0 Å². The lowest BCUT2D eigenvalue weighted by molar-refractivity contribution is 0.247. The molecule has 1 aliphatic carbocycles. The lowest BCUT2D eigenvalue weighted by atomic mass is 9.79. The van der Waals surface area contributed by atoms with Crippen LogP contribution in [-0.4, -0.2) is 18.1 Å². The van der Waals surface area contributed by atoms with Gasteiger partial charge in [0.2, 0.25) is 0 Å². The summed E-state index contributed by atoms with van der Waals surface area (Å²) in [6, 6.07) is 8.31. The summed E-state index contributed by atoms with van der Waals surface area (Å²) in [5.41, 5.74) is 3.31. The van der Waals surface area contributed by atoms with E-state index in [1.165, 1.54) is 0 Å². The number of amides is 2. The lowest BCUT2D eigenvalue weighted by Crippen LogP contribution is -2.39. The Kier molecular flexibility index (Phi) is 4.10. The van der Waals surface area contributed by atoms with Crippen molar-refractivity contribution in [3.8, 4) is 0 Å². The second kappa shape index (κ2) is 6.40. The van der Waals surface area contributed by atoms with Crippen LogP contribution >= 0.6 is 11.6 Å². The Labute approximate surface area is 145 Å². The minimum atomic E-state index is -0.0527. The van der Waals surface area contributed by atoms with Crippen molar-refractivity contribution in [2.45, 2.75) is 43.8 Å². The molecule has 2 fully saturated rings. The molecule has 1 aromatic heterocycles. The highest BCUT2D eigenvalue weighted by Gasteiger charge is 2.38. The summed E-state index contributed by atoms with van der Waals surface area (Å²) in [5, 5.41) is 10.3. The molecule has 2 aliphatic rings. The topological polar surface area (TPSA) is 66.3 Å². The quantitative estimate of drug-likeness (QED) is 0.788. The van der Waals surface area contributed by atoms with Gasteiger partial charge in [-0.25, -0.2) is 4.79 Å². The van der Waals surface area contributed by atoms with E-state index in [1.807, 2.05) is 18.2 Å². The van der Waals surface area contributed by atoms with Crippen molar-refractivity contribution in [3.05, 3.63) is 52.9 Å².